The molecule has 1 aliphatic rings. The van der Waals surface area contributed by atoms with Crippen LogP contribution in [-0.4, -0.2) is 9.13 Å². The van der Waals surface area contributed by atoms with E-state index in [4.69, 9.17) is 4.74 Å². The number of hydrogen-bond acceptors (Lipinski definition) is 1. The number of rotatable bonds is 4. The van der Waals surface area contributed by atoms with Crippen LogP contribution in [0.3, 0.4) is 0 Å². The van der Waals surface area contributed by atoms with Gasteiger partial charge in [0.05, 0.1) is 27.8 Å². The van der Waals surface area contributed by atoms with Crippen molar-refractivity contribution in [3.63, 3.8) is 0 Å². The van der Waals surface area contributed by atoms with Gasteiger partial charge in [-0.25, -0.2) is 0 Å². The first-order valence-electron chi connectivity index (χ1n) is 17.4. The molecule has 3 nitrogen and oxygen atoms in total. The summed E-state index contributed by atoms with van der Waals surface area (Å²) in [5.74, 6) is 1.76. The van der Waals surface area contributed by atoms with Crippen molar-refractivity contribution in [2.75, 3.05) is 0 Å². The molecule has 0 radical (unpaired) electrons. The van der Waals surface area contributed by atoms with Crippen LogP contribution in [0.5, 0.6) is 11.5 Å². The maximum atomic E-state index is 6.75. The number of para-hydroxylation sites is 3. The van der Waals surface area contributed by atoms with Crippen LogP contribution in [0, 0.1) is 0 Å². The smallest absolute Gasteiger partial charge is 0.160 e. The molecular weight excluding hydrogens is 621 g/mol. The first kappa shape index (κ1) is 28.0. The Hall–Kier alpha value is -6.84. The van der Waals surface area contributed by atoms with Crippen LogP contribution in [0.4, 0.5) is 0 Å². The summed E-state index contributed by atoms with van der Waals surface area (Å²) in [6, 6.07) is 65.4. The summed E-state index contributed by atoms with van der Waals surface area (Å²) in [5, 5.41) is 4.91. The Labute approximate surface area is 294 Å². The van der Waals surface area contributed by atoms with Crippen LogP contribution in [0.25, 0.3) is 88.4 Å². The lowest BCUT2D eigenvalue weighted by molar-refractivity contribution is 0.478. The third kappa shape index (κ3) is 4.19. The summed E-state index contributed by atoms with van der Waals surface area (Å²) in [6.45, 7) is 0. The molecular formula is C48H30N2O. The van der Waals surface area contributed by atoms with E-state index in [0.717, 1.165) is 39.5 Å². The van der Waals surface area contributed by atoms with E-state index in [9.17, 15) is 0 Å². The minimum atomic E-state index is 0.867. The number of aromatic nitrogens is 2. The number of fused-ring (bicyclic) bond motifs is 8. The zero-order chi connectivity index (χ0) is 33.5. The van der Waals surface area contributed by atoms with Gasteiger partial charge in [0.15, 0.2) is 11.5 Å². The second-order valence-electron chi connectivity index (χ2n) is 13.3. The van der Waals surface area contributed by atoms with Crippen LogP contribution in [0.1, 0.15) is 0 Å². The Morgan fingerprint density at radius 2 is 0.922 bits per heavy atom. The van der Waals surface area contributed by atoms with E-state index in [1.807, 2.05) is 6.07 Å². The molecule has 0 saturated heterocycles. The van der Waals surface area contributed by atoms with E-state index >= 15 is 0 Å². The maximum absolute atomic E-state index is 6.75. The number of nitrogens with zero attached hydrogens (tertiary/aromatic N) is 2. The molecule has 11 rings (SSSR count). The van der Waals surface area contributed by atoms with Crippen LogP contribution < -0.4 is 4.74 Å². The summed E-state index contributed by atoms with van der Waals surface area (Å²) >= 11 is 0. The number of benzene rings is 8. The molecule has 51 heavy (non-hydrogen) atoms. The molecule has 0 N–H and O–H groups in total. The van der Waals surface area contributed by atoms with Crippen molar-refractivity contribution >= 4 is 43.6 Å². The van der Waals surface area contributed by atoms with Crippen molar-refractivity contribution in [3.8, 4) is 56.3 Å². The van der Waals surface area contributed by atoms with Gasteiger partial charge in [0, 0.05) is 32.8 Å². The Morgan fingerprint density at radius 1 is 0.353 bits per heavy atom. The zero-order valence-electron chi connectivity index (χ0n) is 27.6. The van der Waals surface area contributed by atoms with Gasteiger partial charge in [-0.1, -0.05) is 121 Å². The summed E-state index contributed by atoms with van der Waals surface area (Å²) in [5.41, 5.74) is 13.9. The van der Waals surface area contributed by atoms with Crippen molar-refractivity contribution in [1.82, 2.24) is 9.13 Å². The van der Waals surface area contributed by atoms with Gasteiger partial charge in [-0.2, -0.15) is 0 Å². The van der Waals surface area contributed by atoms with Gasteiger partial charge in [0.2, 0.25) is 0 Å². The maximum Gasteiger partial charge on any atom is 0.160 e. The molecule has 2 aromatic heterocycles. The summed E-state index contributed by atoms with van der Waals surface area (Å²) in [4.78, 5) is 0. The van der Waals surface area contributed by atoms with E-state index in [0.29, 0.717) is 0 Å². The van der Waals surface area contributed by atoms with E-state index in [1.54, 1.807) is 0 Å². The van der Waals surface area contributed by atoms with Gasteiger partial charge in [0.1, 0.15) is 0 Å². The van der Waals surface area contributed by atoms with E-state index < -0.39 is 0 Å². The lowest BCUT2D eigenvalue weighted by Crippen LogP contribution is -2.05. The molecule has 10 aromatic rings. The van der Waals surface area contributed by atoms with Crippen molar-refractivity contribution in [2.24, 2.45) is 0 Å². The molecule has 0 amide bonds. The molecule has 0 fully saturated rings. The van der Waals surface area contributed by atoms with Gasteiger partial charge < -0.3 is 13.9 Å². The van der Waals surface area contributed by atoms with Crippen LogP contribution in [0.2, 0.25) is 0 Å². The minimum absolute atomic E-state index is 0.867. The third-order valence-corrected chi connectivity index (χ3v) is 10.5. The fraction of sp³-hybridized carbons (Fsp3) is 0. The monoisotopic (exact) mass is 650 g/mol. The van der Waals surface area contributed by atoms with E-state index in [1.165, 1.54) is 60.3 Å². The van der Waals surface area contributed by atoms with Crippen molar-refractivity contribution in [2.45, 2.75) is 0 Å². The highest BCUT2D eigenvalue weighted by Gasteiger charge is 2.26. The molecule has 0 saturated carbocycles. The minimum Gasteiger partial charge on any atom is -0.452 e. The quantitative estimate of drug-likeness (QED) is 0.185. The summed E-state index contributed by atoms with van der Waals surface area (Å²) in [7, 11) is 0. The van der Waals surface area contributed by atoms with E-state index in [2.05, 4.69) is 185 Å². The summed E-state index contributed by atoms with van der Waals surface area (Å²) in [6.07, 6.45) is 0. The van der Waals surface area contributed by atoms with Gasteiger partial charge in [-0.05, 0) is 88.5 Å². The van der Waals surface area contributed by atoms with Crippen LogP contribution >= 0.6 is 0 Å². The predicted molar refractivity (Wildman–Crippen MR) is 212 cm³/mol. The Balaban J connectivity index is 1.09. The van der Waals surface area contributed by atoms with Gasteiger partial charge >= 0.3 is 0 Å². The molecule has 3 heteroatoms. The largest absolute Gasteiger partial charge is 0.452 e. The van der Waals surface area contributed by atoms with Crippen molar-refractivity contribution in [1.29, 1.82) is 0 Å². The SMILES string of the molecule is c1ccc(-c2ccc3c(c2)c2cc(-c4ccccc4)ccc2n3-c2ccc(-c3ccc4c5ccccc5n5c4c3Oc3ccccc3-5)cc2)cc1. The lowest BCUT2D eigenvalue weighted by Gasteiger charge is -2.23. The Morgan fingerprint density at radius 3 is 1.61 bits per heavy atom. The Kier molecular flexibility index (Phi) is 5.96. The fourth-order valence-electron chi connectivity index (χ4n) is 8.16. The van der Waals surface area contributed by atoms with Crippen molar-refractivity contribution < 1.29 is 4.74 Å². The zero-order valence-corrected chi connectivity index (χ0v) is 27.6. The second-order valence-corrected chi connectivity index (χ2v) is 13.3. The molecule has 238 valence electrons. The van der Waals surface area contributed by atoms with Crippen LogP contribution in [-0.2, 0) is 0 Å². The first-order chi connectivity index (χ1) is 25.3. The first-order valence-corrected chi connectivity index (χ1v) is 17.4. The average Bonchev–Trinajstić information content (AvgIpc) is 3.72. The molecule has 0 bridgehead atoms. The van der Waals surface area contributed by atoms with Gasteiger partial charge in [-0.15, -0.1) is 0 Å². The normalized spacial score (nSPS) is 12.1. The average molecular weight is 651 g/mol. The van der Waals surface area contributed by atoms with E-state index in [-0.39, 0.29) is 0 Å². The molecule has 1 aliphatic heterocycles. The fourth-order valence-corrected chi connectivity index (χ4v) is 8.16. The van der Waals surface area contributed by atoms with Crippen LogP contribution in [0.15, 0.2) is 182 Å². The lowest BCUT2D eigenvalue weighted by atomic mass is 10.0. The molecule has 0 atom stereocenters. The molecule has 3 heterocycles. The predicted octanol–water partition coefficient (Wildman–Crippen LogP) is 13.0. The highest BCUT2D eigenvalue weighted by molar-refractivity contribution is 6.14. The van der Waals surface area contributed by atoms with Gasteiger partial charge in [-0.3, -0.25) is 0 Å². The number of hydrogen-bond donors (Lipinski definition) is 0. The topological polar surface area (TPSA) is 19.1 Å². The van der Waals surface area contributed by atoms with Gasteiger partial charge in [0.25, 0.3) is 0 Å². The molecule has 0 unspecified atom stereocenters. The molecule has 8 aromatic carbocycles. The third-order valence-electron chi connectivity index (χ3n) is 10.5. The van der Waals surface area contributed by atoms with Crippen molar-refractivity contribution in [3.05, 3.63) is 182 Å². The highest BCUT2D eigenvalue weighted by atomic mass is 16.5. The number of ether oxygens (including phenoxy) is 1. The highest BCUT2D eigenvalue weighted by Crippen LogP contribution is 2.49. The Bertz CT molecular complexity index is 2870. The molecule has 0 spiro atoms. The second kappa shape index (κ2) is 10.8. The standard InChI is InChI=1S/C48H30N2O/c1-3-11-31(12-4-1)34-21-27-43-40(29-34)41-30-35(32-13-5-2-6-14-32)22-28-44(41)49(43)36-23-19-33(20-24-36)37-25-26-39-38-15-7-8-16-42(38)50-45-17-9-10-18-46(45)51-48(37)47(39)50/h1-30H. The summed E-state index contributed by atoms with van der Waals surface area (Å²) < 4.78 is 11.5. The molecule has 0 aliphatic carbocycles.